The molecule has 0 heterocycles. The SMILES string of the molecule is CCN(CC)CCOc1cc(N)ccc1OC. The molecule has 0 atom stereocenters. The van der Waals surface area contributed by atoms with Crippen LogP contribution in [0.15, 0.2) is 18.2 Å². The number of nitrogens with zero attached hydrogens (tertiary/aromatic N) is 1. The number of likely N-dealkylation sites (N-methyl/N-ethyl adjacent to an activating group) is 1. The molecule has 1 aromatic carbocycles. The topological polar surface area (TPSA) is 47.7 Å². The Balaban J connectivity index is 2.53. The van der Waals surface area contributed by atoms with Gasteiger partial charge in [-0.1, -0.05) is 13.8 Å². The minimum atomic E-state index is 0.640. The summed E-state index contributed by atoms with van der Waals surface area (Å²) in [4.78, 5) is 2.30. The van der Waals surface area contributed by atoms with Crippen LogP contribution in [-0.4, -0.2) is 38.3 Å². The van der Waals surface area contributed by atoms with Crippen molar-refractivity contribution in [1.82, 2.24) is 4.90 Å². The highest BCUT2D eigenvalue weighted by Gasteiger charge is 2.05. The largest absolute Gasteiger partial charge is 0.493 e. The first kappa shape index (κ1) is 13.6. The summed E-state index contributed by atoms with van der Waals surface area (Å²) in [6.07, 6.45) is 0. The van der Waals surface area contributed by atoms with Crippen molar-refractivity contribution in [3.05, 3.63) is 18.2 Å². The summed E-state index contributed by atoms with van der Waals surface area (Å²) in [5, 5.41) is 0. The monoisotopic (exact) mass is 238 g/mol. The molecule has 96 valence electrons. The zero-order valence-corrected chi connectivity index (χ0v) is 10.9. The summed E-state index contributed by atoms with van der Waals surface area (Å²) in [5.41, 5.74) is 6.40. The number of methoxy groups -OCH3 is 1. The highest BCUT2D eigenvalue weighted by atomic mass is 16.5. The minimum absolute atomic E-state index is 0.640. The Hall–Kier alpha value is -1.42. The average Bonchev–Trinajstić information content (AvgIpc) is 2.35. The molecule has 4 nitrogen and oxygen atoms in total. The second-order valence-corrected chi connectivity index (χ2v) is 3.79. The highest BCUT2D eigenvalue weighted by molar-refractivity contribution is 5.51. The van der Waals surface area contributed by atoms with Gasteiger partial charge in [0.15, 0.2) is 11.5 Å². The summed E-state index contributed by atoms with van der Waals surface area (Å²) < 4.78 is 10.9. The number of nitrogens with two attached hydrogens (primary N) is 1. The van der Waals surface area contributed by atoms with E-state index in [2.05, 4.69) is 18.7 Å². The van der Waals surface area contributed by atoms with Gasteiger partial charge in [-0.25, -0.2) is 0 Å². The van der Waals surface area contributed by atoms with Crippen LogP contribution in [0.2, 0.25) is 0 Å². The number of hydrogen-bond donors (Lipinski definition) is 1. The van der Waals surface area contributed by atoms with Crippen LogP contribution >= 0.6 is 0 Å². The molecule has 0 aliphatic carbocycles. The molecule has 0 aliphatic rings. The molecule has 0 spiro atoms. The van der Waals surface area contributed by atoms with E-state index in [0.29, 0.717) is 18.0 Å². The van der Waals surface area contributed by atoms with Crippen LogP contribution in [-0.2, 0) is 0 Å². The van der Waals surface area contributed by atoms with Crippen LogP contribution in [0.1, 0.15) is 13.8 Å². The van der Waals surface area contributed by atoms with Gasteiger partial charge >= 0.3 is 0 Å². The van der Waals surface area contributed by atoms with E-state index in [0.717, 1.165) is 25.4 Å². The fourth-order valence-corrected chi connectivity index (χ4v) is 1.63. The molecule has 1 rings (SSSR count). The van der Waals surface area contributed by atoms with E-state index >= 15 is 0 Å². The third-order valence-corrected chi connectivity index (χ3v) is 2.75. The first-order valence-electron chi connectivity index (χ1n) is 5.99. The summed E-state index contributed by atoms with van der Waals surface area (Å²) in [5.74, 6) is 1.43. The standard InChI is InChI=1S/C13H22N2O2/c1-4-15(5-2)8-9-17-13-10-11(14)6-7-12(13)16-3/h6-7,10H,4-5,8-9,14H2,1-3H3. The van der Waals surface area contributed by atoms with Crippen molar-refractivity contribution >= 4 is 5.69 Å². The third kappa shape index (κ3) is 4.15. The molecule has 0 fully saturated rings. The van der Waals surface area contributed by atoms with Gasteiger partial charge < -0.3 is 20.1 Å². The highest BCUT2D eigenvalue weighted by Crippen LogP contribution is 2.28. The van der Waals surface area contributed by atoms with Gasteiger partial charge in [0.25, 0.3) is 0 Å². The third-order valence-electron chi connectivity index (χ3n) is 2.75. The lowest BCUT2D eigenvalue weighted by molar-refractivity contribution is 0.217. The molecule has 0 amide bonds. The summed E-state index contributed by atoms with van der Waals surface area (Å²) in [6, 6.07) is 5.42. The molecule has 0 aromatic heterocycles. The minimum Gasteiger partial charge on any atom is -0.493 e. The summed E-state index contributed by atoms with van der Waals surface area (Å²) >= 11 is 0. The predicted octanol–water partition coefficient (Wildman–Crippen LogP) is 2.00. The van der Waals surface area contributed by atoms with Gasteiger partial charge in [-0.05, 0) is 25.2 Å². The number of nitrogen functional groups attached to an aromatic ring is 1. The first-order chi connectivity index (χ1) is 8.21. The van der Waals surface area contributed by atoms with Crippen molar-refractivity contribution in [2.45, 2.75) is 13.8 Å². The van der Waals surface area contributed by atoms with Crippen molar-refractivity contribution < 1.29 is 9.47 Å². The normalized spacial score (nSPS) is 10.6. The molecule has 4 heteroatoms. The van der Waals surface area contributed by atoms with Gasteiger partial charge in [0, 0.05) is 18.3 Å². The maximum atomic E-state index is 5.72. The van der Waals surface area contributed by atoms with E-state index < -0.39 is 0 Å². The Kier molecular flexibility index (Phi) is 5.63. The summed E-state index contributed by atoms with van der Waals surface area (Å²) in [6.45, 7) is 7.91. The van der Waals surface area contributed by atoms with Gasteiger partial charge in [-0.15, -0.1) is 0 Å². The predicted molar refractivity (Wildman–Crippen MR) is 70.7 cm³/mol. The second kappa shape index (κ2) is 7.01. The lowest BCUT2D eigenvalue weighted by atomic mass is 10.3. The Morgan fingerprint density at radius 1 is 1.18 bits per heavy atom. The van der Waals surface area contributed by atoms with Gasteiger partial charge in [-0.3, -0.25) is 0 Å². The number of hydrogen-bond acceptors (Lipinski definition) is 4. The molecule has 1 aromatic rings. The lowest BCUT2D eigenvalue weighted by Gasteiger charge is -2.18. The number of rotatable bonds is 7. The molecule has 17 heavy (non-hydrogen) atoms. The van der Waals surface area contributed by atoms with Gasteiger partial charge in [0.05, 0.1) is 7.11 Å². The van der Waals surface area contributed by atoms with E-state index in [1.54, 1.807) is 19.2 Å². The number of anilines is 1. The maximum Gasteiger partial charge on any atom is 0.163 e. The van der Waals surface area contributed by atoms with E-state index in [1.165, 1.54) is 0 Å². The zero-order chi connectivity index (χ0) is 12.7. The maximum absolute atomic E-state index is 5.72. The fraction of sp³-hybridized carbons (Fsp3) is 0.538. The number of benzene rings is 1. The van der Waals surface area contributed by atoms with Crippen molar-refractivity contribution in [2.24, 2.45) is 0 Å². The van der Waals surface area contributed by atoms with Crippen molar-refractivity contribution in [3.8, 4) is 11.5 Å². The quantitative estimate of drug-likeness (QED) is 0.738. The molecule has 0 saturated carbocycles. The summed E-state index contributed by atoms with van der Waals surface area (Å²) in [7, 11) is 1.63. The molecule has 2 N–H and O–H groups in total. The Bertz CT molecular complexity index is 338. The van der Waals surface area contributed by atoms with Crippen LogP contribution in [0, 0.1) is 0 Å². The first-order valence-corrected chi connectivity index (χ1v) is 5.99. The van der Waals surface area contributed by atoms with Crippen molar-refractivity contribution in [1.29, 1.82) is 0 Å². The zero-order valence-electron chi connectivity index (χ0n) is 10.9. The Morgan fingerprint density at radius 2 is 1.88 bits per heavy atom. The molecule has 0 aliphatic heterocycles. The number of ether oxygens (including phenoxy) is 2. The van der Waals surface area contributed by atoms with Crippen LogP contribution in [0.5, 0.6) is 11.5 Å². The average molecular weight is 238 g/mol. The van der Waals surface area contributed by atoms with Gasteiger partial charge in [-0.2, -0.15) is 0 Å². The van der Waals surface area contributed by atoms with E-state index in [4.69, 9.17) is 15.2 Å². The van der Waals surface area contributed by atoms with Gasteiger partial charge in [0.1, 0.15) is 6.61 Å². The second-order valence-electron chi connectivity index (χ2n) is 3.79. The van der Waals surface area contributed by atoms with Crippen molar-refractivity contribution in [3.63, 3.8) is 0 Å². The van der Waals surface area contributed by atoms with Gasteiger partial charge in [0.2, 0.25) is 0 Å². The molecule has 0 unspecified atom stereocenters. The molecule has 0 bridgehead atoms. The smallest absolute Gasteiger partial charge is 0.163 e. The molecular formula is C13H22N2O2. The fourth-order valence-electron chi connectivity index (χ4n) is 1.63. The van der Waals surface area contributed by atoms with Crippen LogP contribution in [0.3, 0.4) is 0 Å². The lowest BCUT2D eigenvalue weighted by Crippen LogP contribution is -2.27. The van der Waals surface area contributed by atoms with E-state index in [1.807, 2.05) is 6.07 Å². The molecule has 0 saturated heterocycles. The van der Waals surface area contributed by atoms with E-state index in [9.17, 15) is 0 Å². The van der Waals surface area contributed by atoms with Crippen LogP contribution in [0.4, 0.5) is 5.69 Å². The van der Waals surface area contributed by atoms with E-state index in [-0.39, 0.29) is 0 Å². The Morgan fingerprint density at radius 3 is 2.47 bits per heavy atom. The Labute approximate surface area is 103 Å². The molecular weight excluding hydrogens is 216 g/mol. The van der Waals surface area contributed by atoms with Crippen molar-refractivity contribution in [2.75, 3.05) is 39.1 Å². The molecule has 0 radical (unpaired) electrons. The van der Waals surface area contributed by atoms with Crippen LogP contribution in [0.25, 0.3) is 0 Å². The van der Waals surface area contributed by atoms with Crippen LogP contribution < -0.4 is 15.2 Å².